The number of aromatic nitrogens is 4. The Labute approximate surface area is 101 Å². The van der Waals surface area contributed by atoms with Crippen LogP contribution in [0, 0.1) is 0 Å². The van der Waals surface area contributed by atoms with E-state index in [9.17, 15) is 0 Å². The van der Waals surface area contributed by atoms with Crippen LogP contribution < -0.4 is 5.73 Å². The summed E-state index contributed by atoms with van der Waals surface area (Å²) in [5.41, 5.74) is 7.37. The van der Waals surface area contributed by atoms with Gasteiger partial charge in [-0.3, -0.25) is 0 Å². The Morgan fingerprint density at radius 3 is 2.71 bits per heavy atom. The average Bonchev–Trinajstić information content (AvgIpc) is 2.75. The maximum Gasteiger partial charge on any atom is 0.165 e. The minimum absolute atomic E-state index is 0.0459. The lowest BCUT2D eigenvalue weighted by Gasteiger charge is -2.29. The molecule has 2 N–H and O–H groups in total. The molecule has 0 amide bonds. The molecule has 1 atom stereocenters. The van der Waals surface area contributed by atoms with Crippen LogP contribution in [-0.4, -0.2) is 19.5 Å². The summed E-state index contributed by atoms with van der Waals surface area (Å²) in [5.74, 6) is 0.448. The average molecular weight is 233 g/mol. The maximum absolute atomic E-state index is 5.80. The fraction of sp³-hybridized carbons (Fsp3) is 0.583. The van der Waals surface area contributed by atoms with Gasteiger partial charge in [0.05, 0.1) is 6.33 Å². The lowest BCUT2D eigenvalue weighted by molar-refractivity contribution is 0.285. The van der Waals surface area contributed by atoms with Crippen molar-refractivity contribution < 1.29 is 0 Å². The fourth-order valence-corrected chi connectivity index (χ4v) is 2.25. The van der Waals surface area contributed by atoms with Crippen LogP contribution in [0.5, 0.6) is 0 Å². The molecule has 0 saturated heterocycles. The highest BCUT2D eigenvalue weighted by molar-refractivity contribution is 5.81. The second kappa shape index (κ2) is 4.31. The Hall–Kier alpha value is -1.65. The van der Waals surface area contributed by atoms with E-state index in [0.717, 1.165) is 24.9 Å². The second-order valence-corrected chi connectivity index (χ2v) is 4.65. The van der Waals surface area contributed by atoms with Gasteiger partial charge in [0.2, 0.25) is 0 Å². The molecule has 0 aliphatic carbocycles. The van der Waals surface area contributed by atoms with Gasteiger partial charge in [-0.2, -0.15) is 0 Å². The zero-order chi connectivity index (χ0) is 12.5. The molecule has 0 aliphatic rings. The number of fused-ring (bicyclic) bond motifs is 1. The van der Waals surface area contributed by atoms with Gasteiger partial charge in [-0.05, 0) is 19.8 Å². The largest absolute Gasteiger partial charge is 0.382 e. The van der Waals surface area contributed by atoms with Gasteiger partial charge >= 0.3 is 0 Å². The van der Waals surface area contributed by atoms with E-state index >= 15 is 0 Å². The molecule has 0 aliphatic heterocycles. The highest BCUT2D eigenvalue weighted by Crippen LogP contribution is 2.29. The van der Waals surface area contributed by atoms with Gasteiger partial charge in [-0.15, -0.1) is 0 Å². The monoisotopic (exact) mass is 233 g/mol. The molecule has 17 heavy (non-hydrogen) atoms. The van der Waals surface area contributed by atoms with Crippen LogP contribution in [0.25, 0.3) is 11.2 Å². The van der Waals surface area contributed by atoms with Crippen molar-refractivity contribution in [1.29, 1.82) is 0 Å². The number of nitrogens with zero attached hydrogens (tertiary/aromatic N) is 4. The number of rotatable bonds is 4. The number of nitrogens with two attached hydrogens (primary N) is 1. The van der Waals surface area contributed by atoms with E-state index in [0.29, 0.717) is 11.3 Å². The summed E-state index contributed by atoms with van der Waals surface area (Å²) in [6.45, 7) is 6.61. The van der Waals surface area contributed by atoms with Crippen molar-refractivity contribution in [1.82, 2.24) is 19.5 Å². The zero-order valence-electron chi connectivity index (χ0n) is 10.6. The first kappa shape index (κ1) is 11.8. The van der Waals surface area contributed by atoms with Gasteiger partial charge in [-0.25, -0.2) is 15.0 Å². The lowest BCUT2D eigenvalue weighted by atomic mass is 9.93. The fourth-order valence-electron chi connectivity index (χ4n) is 2.25. The van der Waals surface area contributed by atoms with Crippen molar-refractivity contribution in [2.45, 2.75) is 45.6 Å². The molecular formula is C12H19N5. The third-order valence-corrected chi connectivity index (χ3v) is 3.49. The Balaban J connectivity index is 2.59. The van der Waals surface area contributed by atoms with Crippen molar-refractivity contribution in [2.75, 3.05) is 5.73 Å². The van der Waals surface area contributed by atoms with E-state index < -0.39 is 0 Å². The molecule has 1 unspecified atom stereocenters. The van der Waals surface area contributed by atoms with Crippen LogP contribution in [0.15, 0.2) is 12.7 Å². The van der Waals surface area contributed by atoms with Crippen LogP contribution >= 0.6 is 0 Å². The van der Waals surface area contributed by atoms with Gasteiger partial charge in [-0.1, -0.05) is 20.3 Å². The Morgan fingerprint density at radius 2 is 2.06 bits per heavy atom. The minimum atomic E-state index is 0.0459. The van der Waals surface area contributed by atoms with Crippen LogP contribution in [-0.2, 0) is 5.54 Å². The van der Waals surface area contributed by atoms with E-state index in [1.165, 1.54) is 6.33 Å². The molecule has 0 bridgehead atoms. The predicted molar refractivity (Wildman–Crippen MR) is 68.6 cm³/mol. The molecule has 0 radical (unpaired) electrons. The maximum atomic E-state index is 5.80. The van der Waals surface area contributed by atoms with Gasteiger partial charge < -0.3 is 10.3 Å². The van der Waals surface area contributed by atoms with Crippen molar-refractivity contribution in [3.63, 3.8) is 0 Å². The number of anilines is 1. The molecule has 5 nitrogen and oxygen atoms in total. The number of imidazole rings is 1. The minimum Gasteiger partial charge on any atom is -0.382 e. The molecular weight excluding hydrogens is 214 g/mol. The standard InChI is InChI=1S/C12H19N5/c1-4-6-12(3,5-2)17-8-16-9-10(13)14-7-15-11(9)17/h7-8H,4-6H2,1-3H3,(H2,13,14,15). The van der Waals surface area contributed by atoms with Crippen LogP contribution in [0.1, 0.15) is 40.0 Å². The molecule has 0 saturated carbocycles. The molecule has 92 valence electrons. The third kappa shape index (κ3) is 1.85. The Morgan fingerprint density at radius 1 is 1.29 bits per heavy atom. The summed E-state index contributed by atoms with van der Waals surface area (Å²) in [4.78, 5) is 12.6. The summed E-state index contributed by atoms with van der Waals surface area (Å²) >= 11 is 0. The first-order chi connectivity index (χ1) is 8.12. The summed E-state index contributed by atoms with van der Waals surface area (Å²) < 4.78 is 2.13. The first-order valence-corrected chi connectivity index (χ1v) is 6.06. The summed E-state index contributed by atoms with van der Waals surface area (Å²) in [7, 11) is 0. The van der Waals surface area contributed by atoms with Crippen LogP contribution in [0.2, 0.25) is 0 Å². The van der Waals surface area contributed by atoms with Gasteiger partial charge in [0.1, 0.15) is 11.8 Å². The number of hydrogen-bond acceptors (Lipinski definition) is 4. The Kier molecular flexibility index (Phi) is 3.00. The summed E-state index contributed by atoms with van der Waals surface area (Å²) in [6, 6.07) is 0. The van der Waals surface area contributed by atoms with E-state index in [1.54, 1.807) is 0 Å². The first-order valence-electron chi connectivity index (χ1n) is 6.06. The molecule has 2 heterocycles. The van der Waals surface area contributed by atoms with E-state index in [-0.39, 0.29) is 5.54 Å². The van der Waals surface area contributed by atoms with Crippen molar-refractivity contribution in [3.8, 4) is 0 Å². The summed E-state index contributed by atoms with van der Waals surface area (Å²) in [5, 5.41) is 0. The topological polar surface area (TPSA) is 69.6 Å². The highest BCUT2D eigenvalue weighted by Gasteiger charge is 2.26. The van der Waals surface area contributed by atoms with Gasteiger partial charge in [0.25, 0.3) is 0 Å². The smallest absolute Gasteiger partial charge is 0.165 e. The highest BCUT2D eigenvalue weighted by atomic mass is 15.2. The molecule has 2 aromatic heterocycles. The second-order valence-electron chi connectivity index (χ2n) is 4.65. The molecule has 0 spiro atoms. The van der Waals surface area contributed by atoms with E-state index in [1.807, 2.05) is 6.33 Å². The zero-order valence-corrected chi connectivity index (χ0v) is 10.6. The molecule has 0 aromatic carbocycles. The SMILES string of the molecule is CCCC(C)(CC)n1cnc2c(N)ncnc21. The normalized spacial score (nSPS) is 15.0. The predicted octanol–water partition coefficient (Wildman–Crippen LogP) is 2.33. The van der Waals surface area contributed by atoms with Gasteiger partial charge in [0, 0.05) is 5.54 Å². The molecule has 2 rings (SSSR count). The van der Waals surface area contributed by atoms with Gasteiger partial charge in [0.15, 0.2) is 11.5 Å². The number of nitrogen functional groups attached to an aromatic ring is 1. The van der Waals surface area contributed by atoms with Crippen LogP contribution in [0.3, 0.4) is 0 Å². The van der Waals surface area contributed by atoms with E-state index in [4.69, 9.17) is 5.73 Å². The van der Waals surface area contributed by atoms with Crippen LogP contribution in [0.4, 0.5) is 5.82 Å². The third-order valence-electron chi connectivity index (χ3n) is 3.49. The molecule has 2 aromatic rings. The quantitative estimate of drug-likeness (QED) is 0.880. The van der Waals surface area contributed by atoms with Crippen molar-refractivity contribution >= 4 is 17.0 Å². The molecule has 0 fully saturated rings. The lowest BCUT2D eigenvalue weighted by Crippen LogP contribution is -2.28. The molecule has 5 heteroatoms. The summed E-state index contributed by atoms with van der Waals surface area (Å²) in [6.07, 6.45) is 6.59. The Bertz CT molecular complexity index is 519. The van der Waals surface area contributed by atoms with Crippen molar-refractivity contribution in [2.24, 2.45) is 0 Å². The van der Waals surface area contributed by atoms with E-state index in [2.05, 4.69) is 40.3 Å². The number of hydrogen-bond donors (Lipinski definition) is 1. The van der Waals surface area contributed by atoms with Crippen molar-refractivity contribution in [3.05, 3.63) is 12.7 Å².